The van der Waals surface area contributed by atoms with Crippen molar-refractivity contribution in [1.29, 1.82) is 0 Å². The van der Waals surface area contributed by atoms with E-state index in [1.807, 2.05) is 36.4 Å². The van der Waals surface area contributed by atoms with Crippen molar-refractivity contribution in [3.05, 3.63) is 48.3 Å². The Morgan fingerprint density at radius 2 is 1.89 bits per heavy atom. The highest BCUT2D eigenvalue weighted by atomic mass is 16.3. The summed E-state index contributed by atoms with van der Waals surface area (Å²) in [6.45, 7) is 0. The third kappa shape index (κ3) is 2.14. The predicted octanol–water partition coefficient (Wildman–Crippen LogP) is 2.77. The Kier molecular flexibility index (Phi) is 3.07. The molecule has 1 aromatic carbocycles. The Balaban J connectivity index is 1.94. The number of nitrogens with zero attached hydrogens (tertiary/aromatic N) is 2. The van der Waals surface area contributed by atoms with E-state index in [-0.39, 0.29) is 12.0 Å². The molecule has 1 heterocycles. The van der Waals surface area contributed by atoms with E-state index >= 15 is 0 Å². The molecule has 2 atom stereocenters. The van der Waals surface area contributed by atoms with Gasteiger partial charge in [0.05, 0.1) is 11.8 Å². The lowest BCUT2D eigenvalue weighted by molar-refractivity contribution is 0.162. The molecule has 0 radical (unpaired) electrons. The molecular weight excluding hydrogens is 224 g/mol. The second kappa shape index (κ2) is 4.86. The number of aliphatic hydroxyl groups excluding tert-OH is 1. The molecule has 0 saturated heterocycles. The van der Waals surface area contributed by atoms with Gasteiger partial charge in [0, 0.05) is 17.7 Å². The van der Waals surface area contributed by atoms with Gasteiger partial charge in [-0.3, -0.25) is 0 Å². The zero-order valence-electron chi connectivity index (χ0n) is 10.2. The zero-order valence-corrected chi connectivity index (χ0v) is 10.2. The fourth-order valence-corrected chi connectivity index (χ4v) is 2.59. The molecule has 18 heavy (non-hydrogen) atoms. The Morgan fingerprint density at radius 1 is 1.06 bits per heavy atom. The molecule has 2 unspecified atom stereocenters. The second-order valence-corrected chi connectivity index (χ2v) is 4.78. The Labute approximate surface area is 107 Å². The number of aromatic nitrogens is 2. The van der Waals surface area contributed by atoms with Crippen LogP contribution in [-0.4, -0.2) is 21.2 Å². The van der Waals surface area contributed by atoms with Gasteiger partial charge in [0.1, 0.15) is 0 Å². The number of aliphatic hydroxyl groups is 1. The van der Waals surface area contributed by atoms with Crippen LogP contribution in [0.15, 0.2) is 42.6 Å². The summed E-state index contributed by atoms with van der Waals surface area (Å²) in [5.41, 5.74) is 1.99. The molecule has 1 fully saturated rings. The summed E-state index contributed by atoms with van der Waals surface area (Å²) < 4.78 is 0. The van der Waals surface area contributed by atoms with Gasteiger partial charge in [-0.05, 0) is 18.9 Å². The van der Waals surface area contributed by atoms with Crippen molar-refractivity contribution < 1.29 is 5.11 Å². The first-order chi connectivity index (χ1) is 8.84. The molecule has 0 amide bonds. The van der Waals surface area contributed by atoms with Gasteiger partial charge < -0.3 is 5.11 Å². The van der Waals surface area contributed by atoms with E-state index in [1.54, 1.807) is 6.20 Å². The lowest BCUT2D eigenvalue weighted by atomic mass is 10.0. The van der Waals surface area contributed by atoms with E-state index in [4.69, 9.17) is 0 Å². The fraction of sp³-hybridized carbons (Fsp3) is 0.333. The minimum atomic E-state index is -0.247. The maximum Gasteiger partial charge on any atom is 0.159 e. The molecule has 0 spiro atoms. The van der Waals surface area contributed by atoms with Crippen LogP contribution in [0.25, 0.3) is 11.4 Å². The minimum Gasteiger partial charge on any atom is -0.392 e. The summed E-state index contributed by atoms with van der Waals surface area (Å²) in [6.07, 6.45) is 4.53. The van der Waals surface area contributed by atoms with Gasteiger partial charge >= 0.3 is 0 Å². The van der Waals surface area contributed by atoms with Crippen LogP contribution in [0, 0.1) is 0 Å². The maximum absolute atomic E-state index is 9.94. The standard InChI is InChI=1S/C15H16N2O/c18-14-8-4-7-12(14)13-9-10-16-15(17-13)11-5-2-1-3-6-11/h1-3,5-6,9-10,12,14,18H,4,7-8H2. The summed E-state index contributed by atoms with van der Waals surface area (Å²) in [5.74, 6) is 0.919. The van der Waals surface area contributed by atoms with Crippen LogP contribution in [0.4, 0.5) is 0 Å². The molecule has 1 aromatic heterocycles. The summed E-state index contributed by atoms with van der Waals surface area (Å²) >= 11 is 0. The van der Waals surface area contributed by atoms with Crippen molar-refractivity contribution in [3.8, 4) is 11.4 Å². The SMILES string of the molecule is OC1CCCC1c1ccnc(-c2ccccc2)n1. The molecule has 3 nitrogen and oxygen atoms in total. The highest BCUT2D eigenvalue weighted by Gasteiger charge is 2.27. The van der Waals surface area contributed by atoms with Crippen LogP contribution in [0.1, 0.15) is 30.9 Å². The largest absolute Gasteiger partial charge is 0.392 e. The third-order valence-corrected chi connectivity index (χ3v) is 3.57. The first kappa shape index (κ1) is 11.4. The van der Waals surface area contributed by atoms with E-state index in [9.17, 15) is 5.11 Å². The van der Waals surface area contributed by atoms with Crippen LogP contribution in [0.5, 0.6) is 0 Å². The summed E-state index contributed by atoms with van der Waals surface area (Å²) in [7, 11) is 0. The van der Waals surface area contributed by atoms with Crippen LogP contribution < -0.4 is 0 Å². The van der Waals surface area contributed by atoms with Gasteiger partial charge in [-0.2, -0.15) is 0 Å². The van der Waals surface area contributed by atoms with E-state index < -0.39 is 0 Å². The first-order valence-corrected chi connectivity index (χ1v) is 6.41. The van der Waals surface area contributed by atoms with Crippen LogP contribution in [0.3, 0.4) is 0 Å². The molecule has 0 aliphatic heterocycles. The lowest BCUT2D eigenvalue weighted by Gasteiger charge is -2.14. The number of rotatable bonds is 2. The normalized spacial score (nSPS) is 23.2. The maximum atomic E-state index is 9.94. The minimum absolute atomic E-state index is 0.176. The Morgan fingerprint density at radius 3 is 2.61 bits per heavy atom. The highest BCUT2D eigenvalue weighted by molar-refractivity contribution is 5.54. The van der Waals surface area contributed by atoms with Crippen molar-refractivity contribution in [2.75, 3.05) is 0 Å². The lowest BCUT2D eigenvalue weighted by Crippen LogP contribution is -2.13. The smallest absolute Gasteiger partial charge is 0.159 e. The predicted molar refractivity (Wildman–Crippen MR) is 70.1 cm³/mol. The van der Waals surface area contributed by atoms with E-state index in [1.165, 1.54) is 0 Å². The zero-order chi connectivity index (χ0) is 12.4. The van der Waals surface area contributed by atoms with Crippen molar-refractivity contribution in [2.45, 2.75) is 31.3 Å². The average Bonchev–Trinajstić information content (AvgIpc) is 2.86. The molecule has 1 saturated carbocycles. The number of hydrogen-bond acceptors (Lipinski definition) is 3. The summed E-state index contributed by atoms with van der Waals surface area (Å²) in [5, 5.41) is 9.94. The first-order valence-electron chi connectivity index (χ1n) is 6.41. The molecule has 3 rings (SSSR count). The molecule has 3 heteroatoms. The van der Waals surface area contributed by atoms with Crippen molar-refractivity contribution >= 4 is 0 Å². The topological polar surface area (TPSA) is 46.0 Å². The van der Waals surface area contributed by atoms with E-state index in [0.717, 1.165) is 36.3 Å². The van der Waals surface area contributed by atoms with Gasteiger partial charge in [0.15, 0.2) is 5.82 Å². The van der Waals surface area contributed by atoms with Gasteiger partial charge in [0.2, 0.25) is 0 Å². The number of hydrogen-bond donors (Lipinski definition) is 1. The molecule has 0 bridgehead atoms. The van der Waals surface area contributed by atoms with Gasteiger partial charge in [-0.15, -0.1) is 0 Å². The molecule has 92 valence electrons. The summed E-state index contributed by atoms with van der Waals surface area (Å²) in [6, 6.07) is 11.9. The third-order valence-electron chi connectivity index (χ3n) is 3.57. The Hall–Kier alpha value is -1.74. The number of benzene rings is 1. The molecule has 1 aliphatic rings. The Bertz CT molecular complexity index is 527. The van der Waals surface area contributed by atoms with E-state index in [2.05, 4.69) is 9.97 Å². The monoisotopic (exact) mass is 240 g/mol. The van der Waals surface area contributed by atoms with Crippen LogP contribution in [-0.2, 0) is 0 Å². The van der Waals surface area contributed by atoms with Gasteiger partial charge in [0.25, 0.3) is 0 Å². The molecule has 1 N–H and O–H groups in total. The highest BCUT2D eigenvalue weighted by Crippen LogP contribution is 2.33. The molecule has 1 aliphatic carbocycles. The van der Waals surface area contributed by atoms with Crippen molar-refractivity contribution in [2.24, 2.45) is 0 Å². The average molecular weight is 240 g/mol. The molecule has 2 aromatic rings. The quantitative estimate of drug-likeness (QED) is 0.878. The van der Waals surface area contributed by atoms with E-state index in [0.29, 0.717) is 0 Å². The van der Waals surface area contributed by atoms with Crippen LogP contribution in [0.2, 0.25) is 0 Å². The second-order valence-electron chi connectivity index (χ2n) is 4.78. The molecular formula is C15H16N2O. The van der Waals surface area contributed by atoms with Crippen molar-refractivity contribution in [1.82, 2.24) is 9.97 Å². The van der Waals surface area contributed by atoms with Crippen molar-refractivity contribution in [3.63, 3.8) is 0 Å². The van der Waals surface area contributed by atoms with Gasteiger partial charge in [-0.1, -0.05) is 36.8 Å². The summed E-state index contributed by atoms with van der Waals surface area (Å²) in [4.78, 5) is 8.92. The van der Waals surface area contributed by atoms with Gasteiger partial charge in [-0.25, -0.2) is 9.97 Å². The van der Waals surface area contributed by atoms with Crippen LogP contribution >= 0.6 is 0 Å². The fourth-order valence-electron chi connectivity index (χ4n) is 2.59.